The summed E-state index contributed by atoms with van der Waals surface area (Å²) in [5, 5.41) is 2.04. The molecular formula is C11H16N2. The monoisotopic (exact) mass is 176 g/mol. The smallest absolute Gasteiger partial charge is 0.0129 e. The van der Waals surface area contributed by atoms with E-state index in [-0.39, 0.29) is 0 Å². The average Bonchev–Trinajstić information content (AvgIpc) is 2.16. The number of rotatable bonds is 1. The van der Waals surface area contributed by atoms with E-state index in [9.17, 15) is 0 Å². The third-order valence-electron chi connectivity index (χ3n) is 2.13. The minimum Gasteiger partial charge on any atom is -0.404 e. The van der Waals surface area contributed by atoms with Crippen LogP contribution in [0.2, 0.25) is 0 Å². The van der Waals surface area contributed by atoms with Crippen LogP contribution in [-0.2, 0) is 6.42 Å². The number of nitrogens with two attached hydrogens (primary N) is 2. The molecule has 2 nitrogen and oxygen atoms in total. The number of hydrogen-bond donors (Lipinski definition) is 2. The van der Waals surface area contributed by atoms with Gasteiger partial charge in [0.15, 0.2) is 0 Å². The number of hydrogen-bond acceptors (Lipinski definition) is 2. The molecular weight excluding hydrogens is 160 g/mol. The van der Waals surface area contributed by atoms with E-state index in [1.54, 1.807) is 6.20 Å². The zero-order chi connectivity index (χ0) is 9.84. The minimum atomic E-state index is 0.805. The van der Waals surface area contributed by atoms with Gasteiger partial charge in [-0.1, -0.05) is 19.1 Å². The predicted molar refractivity (Wildman–Crippen MR) is 57.0 cm³/mol. The highest BCUT2D eigenvalue weighted by molar-refractivity contribution is 5.40. The molecule has 0 aliphatic rings. The lowest BCUT2D eigenvalue weighted by molar-refractivity contribution is 1.13. The van der Waals surface area contributed by atoms with Gasteiger partial charge in [-0.05, 0) is 30.2 Å². The summed E-state index contributed by atoms with van der Waals surface area (Å²) in [6.07, 6.45) is 2.62. The lowest BCUT2D eigenvalue weighted by Crippen LogP contribution is -2.30. The fourth-order valence-electron chi connectivity index (χ4n) is 1.33. The summed E-state index contributed by atoms with van der Waals surface area (Å²) >= 11 is 0. The van der Waals surface area contributed by atoms with Gasteiger partial charge in [-0.2, -0.15) is 0 Å². The Hall–Kier alpha value is -1.44. The van der Waals surface area contributed by atoms with Crippen molar-refractivity contribution in [2.45, 2.75) is 20.3 Å². The molecule has 4 N–H and O–H groups in total. The molecule has 70 valence electrons. The molecule has 0 saturated heterocycles. The molecule has 0 spiro atoms. The Morgan fingerprint density at radius 2 is 2.15 bits per heavy atom. The first-order valence-electron chi connectivity index (χ1n) is 4.46. The summed E-state index contributed by atoms with van der Waals surface area (Å²) in [4.78, 5) is 0. The molecule has 0 radical (unpaired) electrons. The van der Waals surface area contributed by atoms with E-state index in [1.165, 1.54) is 5.56 Å². The lowest BCUT2D eigenvalue weighted by Gasteiger charge is -1.98. The van der Waals surface area contributed by atoms with Gasteiger partial charge in [0.2, 0.25) is 0 Å². The van der Waals surface area contributed by atoms with Crippen molar-refractivity contribution in [1.82, 2.24) is 0 Å². The molecule has 13 heavy (non-hydrogen) atoms. The Morgan fingerprint density at radius 1 is 1.46 bits per heavy atom. The van der Waals surface area contributed by atoms with E-state index in [0.717, 1.165) is 22.6 Å². The van der Waals surface area contributed by atoms with Crippen LogP contribution in [0, 0.1) is 0 Å². The van der Waals surface area contributed by atoms with Crippen LogP contribution >= 0.6 is 0 Å². The minimum absolute atomic E-state index is 0.805. The third kappa shape index (κ3) is 2.02. The Bertz CT molecular complexity index is 401. The van der Waals surface area contributed by atoms with Crippen molar-refractivity contribution < 1.29 is 0 Å². The molecule has 0 fully saturated rings. The van der Waals surface area contributed by atoms with E-state index in [4.69, 9.17) is 11.5 Å². The normalized spacial score (nSPS) is 14.5. The summed E-state index contributed by atoms with van der Waals surface area (Å²) < 4.78 is 0. The van der Waals surface area contributed by atoms with Gasteiger partial charge in [-0.3, -0.25) is 0 Å². The van der Waals surface area contributed by atoms with Gasteiger partial charge >= 0.3 is 0 Å². The average molecular weight is 176 g/mol. The van der Waals surface area contributed by atoms with Crippen molar-refractivity contribution in [2.24, 2.45) is 11.5 Å². The molecule has 2 heteroatoms. The van der Waals surface area contributed by atoms with E-state index in [2.05, 4.69) is 19.1 Å². The van der Waals surface area contributed by atoms with Crippen LogP contribution in [0.4, 0.5) is 0 Å². The quantitative estimate of drug-likeness (QED) is 0.634. The second-order valence-electron chi connectivity index (χ2n) is 3.12. The van der Waals surface area contributed by atoms with E-state index >= 15 is 0 Å². The van der Waals surface area contributed by atoms with Crippen LogP contribution in [-0.4, -0.2) is 0 Å². The Balaban J connectivity index is 3.53. The summed E-state index contributed by atoms with van der Waals surface area (Å²) in [6, 6.07) is 6.18. The molecule has 0 aliphatic carbocycles. The van der Waals surface area contributed by atoms with Crippen molar-refractivity contribution in [2.75, 3.05) is 0 Å². The SMILES string of the molecule is CCc1ccc(=C(C)N)/c(=C\N)c1. The predicted octanol–water partition coefficient (Wildman–Crippen LogP) is 0.0325. The van der Waals surface area contributed by atoms with Gasteiger partial charge in [-0.15, -0.1) is 0 Å². The Morgan fingerprint density at radius 3 is 2.62 bits per heavy atom. The molecule has 0 unspecified atom stereocenters. The van der Waals surface area contributed by atoms with Gasteiger partial charge in [0.05, 0.1) is 0 Å². The van der Waals surface area contributed by atoms with Crippen LogP contribution in [0.15, 0.2) is 18.2 Å². The van der Waals surface area contributed by atoms with Gasteiger partial charge < -0.3 is 11.5 Å². The third-order valence-corrected chi connectivity index (χ3v) is 2.13. The molecule has 1 aromatic carbocycles. The van der Waals surface area contributed by atoms with Crippen LogP contribution in [0.1, 0.15) is 19.4 Å². The summed E-state index contributed by atoms with van der Waals surface area (Å²) in [7, 11) is 0. The maximum Gasteiger partial charge on any atom is 0.0129 e. The molecule has 0 amide bonds. The van der Waals surface area contributed by atoms with Crippen LogP contribution < -0.4 is 21.9 Å². The van der Waals surface area contributed by atoms with Gasteiger partial charge in [0.25, 0.3) is 0 Å². The fraction of sp³-hybridized carbons (Fsp3) is 0.273. The van der Waals surface area contributed by atoms with Gasteiger partial charge in [0, 0.05) is 17.1 Å². The lowest BCUT2D eigenvalue weighted by atomic mass is 10.1. The number of aryl methyl sites for hydroxylation is 1. The van der Waals surface area contributed by atoms with Crippen molar-refractivity contribution in [3.63, 3.8) is 0 Å². The molecule has 0 aromatic heterocycles. The van der Waals surface area contributed by atoms with Crippen LogP contribution in [0.25, 0.3) is 11.9 Å². The highest BCUT2D eigenvalue weighted by atomic mass is 14.5. The van der Waals surface area contributed by atoms with Crippen molar-refractivity contribution in [3.05, 3.63) is 34.2 Å². The highest BCUT2D eigenvalue weighted by Gasteiger charge is 1.91. The largest absolute Gasteiger partial charge is 0.404 e. The van der Waals surface area contributed by atoms with Gasteiger partial charge in [-0.25, -0.2) is 0 Å². The van der Waals surface area contributed by atoms with E-state index in [1.807, 2.05) is 13.0 Å². The second kappa shape index (κ2) is 3.99. The first kappa shape index (κ1) is 9.65. The second-order valence-corrected chi connectivity index (χ2v) is 3.12. The first-order valence-corrected chi connectivity index (χ1v) is 4.46. The zero-order valence-corrected chi connectivity index (χ0v) is 8.17. The Labute approximate surface area is 78.6 Å². The maximum atomic E-state index is 5.72. The van der Waals surface area contributed by atoms with Crippen molar-refractivity contribution in [1.29, 1.82) is 0 Å². The number of benzene rings is 1. The topological polar surface area (TPSA) is 52.0 Å². The molecule has 1 rings (SSSR count). The maximum absolute atomic E-state index is 5.72. The summed E-state index contributed by atoms with van der Waals surface area (Å²) in [6.45, 7) is 4.00. The standard InChI is InChI=1S/C11H16N2/c1-3-9-4-5-11(8(2)13)10(6-9)7-12/h4-7H,3,12-13H2,1-2H3/b10-7-,11-8?. The molecule has 0 heterocycles. The van der Waals surface area contributed by atoms with E-state index < -0.39 is 0 Å². The summed E-state index contributed by atoms with van der Waals surface area (Å²) in [5.41, 5.74) is 13.3. The highest BCUT2D eigenvalue weighted by Crippen LogP contribution is 1.92. The fourth-order valence-corrected chi connectivity index (χ4v) is 1.33. The molecule has 0 saturated carbocycles. The van der Waals surface area contributed by atoms with Crippen molar-refractivity contribution >= 4 is 11.9 Å². The van der Waals surface area contributed by atoms with E-state index in [0.29, 0.717) is 0 Å². The van der Waals surface area contributed by atoms with Crippen LogP contribution in [0.3, 0.4) is 0 Å². The van der Waals surface area contributed by atoms with Gasteiger partial charge in [0.1, 0.15) is 0 Å². The molecule has 1 aromatic rings. The Kier molecular flexibility index (Phi) is 2.96. The molecule has 0 bridgehead atoms. The summed E-state index contributed by atoms with van der Waals surface area (Å²) in [5.74, 6) is 0. The first-order chi connectivity index (χ1) is 6.19. The molecule has 0 aliphatic heterocycles. The van der Waals surface area contributed by atoms with Crippen molar-refractivity contribution in [3.8, 4) is 0 Å². The zero-order valence-electron chi connectivity index (χ0n) is 8.17. The molecule has 0 atom stereocenters. The van der Waals surface area contributed by atoms with Crippen LogP contribution in [0.5, 0.6) is 0 Å².